The van der Waals surface area contributed by atoms with Crippen LogP contribution in [0.25, 0.3) is 0 Å². The zero-order valence-electron chi connectivity index (χ0n) is 9.63. The van der Waals surface area contributed by atoms with Crippen LogP contribution in [0.2, 0.25) is 0 Å². The summed E-state index contributed by atoms with van der Waals surface area (Å²) >= 11 is 0. The number of rotatable bonds is 2. The predicted octanol–water partition coefficient (Wildman–Crippen LogP) is 2.15. The Morgan fingerprint density at radius 3 is 2.82 bits per heavy atom. The molecule has 0 aromatic heterocycles. The van der Waals surface area contributed by atoms with Crippen molar-refractivity contribution in [2.75, 3.05) is 24.5 Å². The van der Waals surface area contributed by atoms with Crippen LogP contribution >= 0.6 is 0 Å². The van der Waals surface area contributed by atoms with Gasteiger partial charge in [0.05, 0.1) is 5.69 Å². The molecular formula is C13H16F2N2. The first-order chi connectivity index (χ1) is 8.24. The van der Waals surface area contributed by atoms with Gasteiger partial charge in [-0.2, -0.15) is 0 Å². The fourth-order valence-electron chi connectivity index (χ4n) is 2.54. The second kappa shape index (κ2) is 4.26. The van der Waals surface area contributed by atoms with Crippen molar-refractivity contribution in [2.24, 2.45) is 5.92 Å². The van der Waals surface area contributed by atoms with E-state index in [9.17, 15) is 8.78 Å². The molecule has 0 amide bonds. The van der Waals surface area contributed by atoms with Gasteiger partial charge in [-0.05, 0) is 30.9 Å². The van der Waals surface area contributed by atoms with E-state index < -0.39 is 0 Å². The van der Waals surface area contributed by atoms with Crippen LogP contribution in [-0.2, 0) is 0 Å². The van der Waals surface area contributed by atoms with Crippen molar-refractivity contribution in [1.82, 2.24) is 5.32 Å². The van der Waals surface area contributed by atoms with Crippen LogP contribution in [0.15, 0.2) is 18.2 Å². The van der Waals surface area contributed by atoms with Gasteiger partial charge in [-0.25, -0.2) is 8.78 Å². The number of benzene rings is 1. The molecule has 2 nitrogen and oxygen atoms in total. The highest BCUT2D eigenvalue weighted by atomic mass is 19.1. The molecule has 3 rings (SSSR count). The van der Waals surface area contributed by atoms with Gasteiger partial charge in [0.25, 0.3) is 0 Å². The number of nitrogens with zero attached hydrogens (tertiary/aromatic N) is 1. The fraction of sp³-hybridized carbons (Fsp3) is 0.538. The van der Waals surface area contributed by atoms with Crippen molar-refractivity contribution >= 4 is 5.69 Å². The summed E-state index contributed by atoms with van der Waals surface area (Å²) in [6.07, 6.45) is 2.52. The summed E-state index contributed by atoms with van der Waals surface area (Å²) in [7, 11) is 0. The van der Waals surface area contributed by atoms with Gasteiger partial charge in [0.2, 0.25) is 0 Å². The van der Waals surface area contributed by atoms with E-state index in [2.05, 4.69) is 5.32 Å². The third kappa shape index (κ3) is 2.27. The maximum atomic E-state index is 13.7. The first kappa shape index (κ1) is 11.0. The minimum atomic E-state index is -0.372. The Morgan fingerprint density at radius 1 is 1.24 bits per heavy atom. The molecule has 1 unspecified atom stereocenters. The lowest BCUT2D eigenvalue weighted by molar-refractivity contribution is 0.415. The molecule has 92 valence electrons. The lowest BCUT2D eigenvalue weighted by Crippen LogP contribution is -2.52. The largest absolute Gasteiger partial charge is 0.366 e. The zero-order valence-corrected chi connectivity index (χ0v) is 9.63. The minimum absolute atomic E-state index is 0.331. The van der Waals surface area contributed by atoms with E-state index in [1.807, 2.05) is 4.90 Å². The molecular weight excluding hydrogens is 222 g/mol. The summed E-state index contributed by atoms with van der Waals surface area (Å²) in [5.41, 5.74) is 0.400. The van der Waals surface area contributed by atoms with Crippen molar-refractivity contribution in [3.63, 3.8) is 0 Å². The maximum absolute atomic E-state index is 13.7. The van der Waals surface area contributed by atoms with Gasteiger partial charge in [-0.15, -0.1) is 0 Å². The van der Waals surface area contributed by atoms with Crippen LogP contribution in [0.3, 0.4) is 0 Å². The van der Waals surface area contributed by atoms with E-state index in [-0.39, 0.29) is 11.6 Å². The van der Waals surface area contributed by atoms with E-state index in [4.69, 9.17) is 0 Å². The zero-order chi connectivity index (χ0) is 11.8. The van der Waals surface area contributed by atoms with Crippen LogP contribution in [0.5, 0.6) is 0 Å². The third-order valence-electron chi connectivity index (χ3n) is 3.65. The average molecular weight is 238 g/mol. The molecule has 2 aliphatic rings. The molecule has 0 radical (unpaired) electrons. The Kier molecular flexibility index (Phi) is 2.74. The monoisotopic (exact) mass is 238 g/mol. The van der Waals surface area contributed by atoms with Crippen LogP contribution in [0.1, 0.15) is 12.8 Å². The highest BCUT2D eigenvalue weighted by Gasteiger charge is 2.34. The summed E-state index contributed by atoms with van der Waals surface area (Å²) in [4.78, 5) is 1.96. The van der Waals surface area contributed by atoms with Gasteiger partial charge >= 0.3 is 0 Å². The van der Waals surface area contributed by atoms with Gasteiger partial charge < -0.3 is 10.2 Å². The van der Waals surface area contributed by atoms with Gasteiger partial charge in [-0.1, -0.05) is 0 Å². The summed E-state index contributed by atoms with van der Waals surface area (Å²) < 4.78 is 26.8. The predicted molar refractivity (Wildman–Crippen MR) is 63.1 cm³/mol. The Labute approximate surface area is 99.6 Å². The summed E-state index contributed by atoms with van der Waals surface area (Å²) in [5, 5.41) is 3.46. The summed E-state index contributed by atoms with van der Waals surface area (Å²) in [5.74, 6) is 0.0279. The number of piperazine rings is 1. The molecule has 17 heavy (non-hydrogen) atoms. The SMILES string of the molecule is Fc1ccc(F)c(N2CCNC(C3CC3)C2)c1. The van der Waals surface area contributed by atoms with E-state index >= 15 is 0 Å². The molecule has 2 fully saturated rings. The number of anilines is 1. The number of hydrogen-bond acceptors (Lipinski definition) is 2. The molecule has 4 heteroatoms. The maximum Gasteiger partial charge on any atom is 0.146 e. The molecule has 1 aliphatic heterocycles. The molecule has 1 aliphatic carbocycles. The van der Waals surface area contributed by atoms with Crippen LogP contribution < -0.4 is 10.2 Å². The van der Waals surface area contributed by atoms with E-state index in [0.717, 1.165) is 25.6 Å². The highest BCUT2D eigenvalue weighted by molar-refractivity contribution is 5.48. The van der Waals surface area contributed by atoms with Crippen molar-refractivity contribution in [2.45, 2.75) is 18.9 Å². The Balaban J connectivity index is 1.79. The lowest BCUT2D eigenvalue weighted by atomic mass is 10.1. The van der Waals surface area contributed by atoms with E-state index in [1.54, 1.807) is 0 Å². The fourth-order valence-corrected chi connectivity index (χ4v) is 2.54. The number of halogens is 2. The van der Waals surface area contributed by atoms with Crippen molar-refractivity contribution < 1.29 is 8.78 Å². The van der Waals surface area contributed by atoms with Crippen LogP contribution in [0.4, 0.5) is 14.5 Å². The van der Waals surface area contributed by atoms with Crippen molar-refractivity contribution in [3.8, 4) is 0 Å². The summed E-state index contributed by atoms with van der Waals surface area (Å²) in [6, 6.07) is 4.11. The molecule has 1 aromatic rings. The van der Waals surface area contributed by atoms with E-state index in [1.165, 1.54) is 31.0 Å². The molecule has 1 saturated carbocycles. The molecule has 0 bridgehead atoms. The molecule has 1 heterocycles. The Hall–Kier alpha value is -1.16. The molecule has 1 N–H and O–H groups in total. The first-order valence-corrected chi connectivity index (χ1v) is 6.17. The topological polar surface area (TPSA) is 15.3 Å². The Morgan fingerprint density at radius 2 is 2.06 bits per heavy atom. The van der Waals surface area contributed by atoms with Gasteiger partial charge in [0, 0.05) is 31.7 Å². The van der Waals surface area contributed by atoms with Gasteiger partial charge in [-0.3, -0.25) is 0 Å². The van der Waals surface area contributed by atoms with Crippen LogP contribution in [-0.4, -0.2) is 25.7 Å². The second-order valence-electron chi connectivity index (χ2n) is 4.94. The first-order valence-electron chi connectivity index (χ1n) is 6.17. The number of nitrogens with one attached hydrogen (secondary N) is 1. The minimum Gasteiger partial charge on any atom is -0.366 e. The third-order valence-corrected chi connectivity index (χ3v) is 3.65. The quantitative estimate of drug-likeness (QED) is 0.849. The van der Waals surface area contributed by atoms with E-state index in [0.29, 0.717) is 11.7 Å². The summed E-state index contributed by atoms with van der Waals surface area (Å²) in [6.45, 7) is 2.37. The second-order valence-corrected chi connectivity index (χ2v) is 4.94. The normalized spacial score (nSPS) is 25.1. The van der Waals surface area contributed by atoms with Crippen molar-refractivity contribution in [1.29, 1.82) is 0 Å². The van der Waals surface area contributed by atoms with Crippen molar-refractivity contribution in [3.05, 3.63) is 29.8 Å². The smallest absolute Gasteiger partial charge is 0.146 e. The van der Waals surface area contributed by atoms with Gasteiger partial charge in [0.15, 0.2) is 0 Å². The molecule has 1 saturated heterocycles. The highest BCUT2D eigenvalue weighted by Crippen LogP contribution is 2.34. The van der Waals surface area contributed by atoms with Gasteiger partial charge in [0.1, 0.15) is 11.6 Å². The number of hydrogen-bond donors (Lipinski definition) is 1. The molecule has 1 atom stereocenters. The molecule has 0 spiro atoms. The molecule has 1 aromatic carbocycles. The lowest BCUT2D eigenvalue weighted by Gasteiger charge is -2.35. The Bertz CT molecular complexity index is 418. The standard InChI is InChI=1S/C13H16F2N2/c14-10-3-4-11(15)13(7-10)17-6-5-16-12(8-17)9-1-2-9/h3-4,7,9,12,16H,1-2,5-6,8H2. The average Bonchev–Trinajstić information content (AvgIpc) is 3.17. The van der Waals surface area contributed by atoms with Crippen LogP contribution in [0, 0.1) is 17.6 Å².